The molecule has 15 heteroatoms. The van der Waals surface area contributed by atoms with Gasteiger partial charge in [-0.25, -0.2) is 0 Å². The fraction of sp³-hybridized carbons (Fsp3) is 0. The molecule has 0 bridgehead atoms. The van der Waals surface area contributed by atoms with Crippen LogP contribution in [0.1, 0.15) is 0 Å². The second kappa shape index (κ2) is 10.0. The van der Waals surface area contributed by atoms with Gasteiger partial charge < -0.3 is 5.21 Å². The second-order valence-electron chi connectivity index (χ2n) is 1.08. The highest BCUT2D eigenvalue weighted by molar-refractivity contribution is 7.79. The van der Waals surface area contributed by atoms with E-state index in [0.29, 0.717) is 0 Å². The van der Waals surface area contributed by atoms with E-state index >= 15 is 0 Å². The highest BCUT2D eigenvalue weighted by Gasteiger charge is 1.98. The lowest BCUT2D eigenvalue weighted by Crippen LogP contribution is -2.58. The van der Waals surface area contributed by atoms with Gasteiger partial charge in [0.05, 0.1) is 14.9 Å². The summed E-state index contributed by atoms with van der Waals surface area (Å²) in [5.74, 6) is 0. The first kappa shape index (κ1) is 24.0. The summed E-state index contributed by atoms with van der Waals surface area (Å²) in [5, 5.41) is 13.6. The van der Waals surface area contributed by atoms with Gasteiger partial charge in [-0.05, 0) is 0 Å². The predicted octanol–water partition coefficient (Wildman–Crippen LogP) is -4.70. The van der Waals surface area contributed by atoms with E-state index in [1.54, 1.807) is 0 Å². The van der Waals surface area contributed by atoms with Gasteiger partial charge in [0.1, 0.15) is 0 Å². The molecule has 0 aliphatic heterocycles. The van der Waals surface area contributed by atoms with Gasteiger partial charge in [-0.15, -0.1) is 22.5 Å². The van der Waals surface area contributed by atoms with Crippen LogP contribution < -0.4 is 14.0 Å². The Labute approximate surface area is 90.2 Å². The fourth-order valence-electron chi connectivity index (χ4n) is 0. The fourth-order valence-corrected chi connectivity index (χ4v) is 0. The summed E-state index contributed by atoms with van der Waals surface area (Å²) < 4.78 is 64.3. The molecule has 0 amide bonds. The van der Waals surface area contributed by atoms with Crippen LogP contribution in [0, 0.1) is 20.4 Å². The molecular formula is H5Cl2NO11S. The predicted molar refractivity (Wildman–Crippen MR) is 32.4 cm³/mol. The third-order valence-corrected chi connectivity index (χ3v) is 0. The molecule has 0 unspecified atom stereocenters. The van der Waals surface area contributed by atoms with Crippen LogP contribution in [-0.4, -0.2) is 32.5 Å². The number of hydrogen-bond donors (Lipinski definition) is 4. The van der Waals surface area contributed by atoms with Crippen LogP contribution in [0.4, 0.5) is 0 Å². The molecule has 0 rings (SSSR count). The quantitative estimate of drug-likeness (QED) is 0.188. The van der Waals surface area contributed by atoms with Crippen LogP contribution in [0.5, 0.6) is 0 Å². The summed E-state index contributed by atoms with van der Waals surface area (Å²) in [5.41, 5.74) is 0. The SMILES string of the molecule is Cl.O=S(=O)(O)O.O=[N+]([O-])O.[O-][Cl+3]([O-])([O-])O. The van der Waals surface area contributed by atoms with E-state index in [0.717, 1.165) is 0 Å². The van der Waals surface area contributed by atoms with Crippen LogP contribution in [0.25, 0.3) is 0 Å². The van der Waals surface area contributed by atoms with Gasteiger partial charge in [0, 0.05) is 0 Å². The number of nitrogens with zero attached hydrogens (tertiary/aromatic N) is 1. The molecule has 0 saturated heterocycles. The molecule has 12 nitrogen and oxygen atoms in total. The molecular weight excluding hydrogens is 293 g/mol. The van der Waals surface area contributed by atoms with Crippen molar-refractivity contribution in [3.63, 3.8) is 0 Å². The van der Waals surface area contributed by atoms with Gasteiger partial charge >= 0.3 is 10.4 Å². The number of hydrogen-bond acceptors (Lipinski definition) is 8. The zero-order chi connectivity index (χ0) is 12.6. The van der Waals surface area contributed by atoms with Crippen molar-refractivity contribution in [2.45, 2.75) is 0 Å². The van der Waals surface area contributed by atoms with E-state index in [-0.39, 0.29) is 12.4 Å². The summed E-state index contributed by atoms with van der Waals surface area (Å²) in [6.07, 6.45) is 0. The van der Waals surface area contributed by atoms with Gasteiger partial charge in [0.25, 0.3) is 5.09 Å². The summed E-state index contributed by atoms with van der Waals surface area (Å²) in [6, 6.07) is 0. The summed E-state index contributed by atoms with van der Waals surface area (Å²) in [7, 11) is -9.36. The zero-order valence-electron chi connectivity index (χ0n) is 6.29. The molecule has 0 aliphatic carbocycles. The van der Waals surface area contributed by atoms with Crippen molar-refractivity contribution in [3.8, 4) is 0 Å². The summed E-state index contributed by atoms with van der Waals surface area (Å²) in [6.45, 7) is 0. The van der Waals surface area contributed by atoms with Crippen LogP contribution in [0.2, 0.25) is 0 Å². The van der Waals surface area contributed by atoms with Crippen LogP contribution in [0.15, 0.2) is 0 Å². The van der Waals surface area contributed by atoms with Crippen LogP contribution >= 0.6 is 12.4 Å². The molecule has 0 saturated carbocycles. The first-order chi connectivity index (χ1) is 5.73. The standard InChI is InChI=1S/ClHO4.ClH.HNO3.H2O4S/c2-1(3,4)5;;2-1(3)4;1-5(2,3)4/h(H,2,3,4,5);1H;(H,2,3,4);(H2,1,2,3,4). The molecule has 0 aromatic carbocycles. The first-order valence-corrected chi connectivity index (χ1v) is 4.56. The molecule has 0 fully saturated rings. The van der Waals surface area contributed by atoms with E-state index in [1.807, 2.05) is 0 Å². The molecule has 0 aromatic rings. The molecule has 0 heterocycles. The van der Waals surface area contributed by atoms with Crippen molar-refractivity contribution in [3.05, 3.63) is 10.1 Å². The Bertz CT molecular complexity index is 218. The maximum absolute atomic E-state index is 8.74. The Kier molecular flexibility index (Phi) is 16.0. The molecule has 96 valence electrons. The van der Waals surface area contributed by atoms with E-state index < -0.39 is 25.7 Å². The summed E-state index contributed by atoms with van der Waals surface area (Å²) >= 11 is 0. The van der Waals surface area contributed by atoms with E-state index in [9.17, 15) is 0 Å². The third kappa shape index (κ3) is 6850. The Morgan fingerprint density at radius 2 is 1.13 bits per heavy atom. The maximum atomic E-state index is 8.74. The van der Waals surface area contributed by atoms with Crippen molar-refractivity contribution < 1.29 is 56.7 Å². The molecule has 0 radical (unpaired) electrons. The minimum Gasteiger partial charge on any atom is -0.328 e. The Morgan fingerprint density at radius 3 is 1.13 bits per heavy atom. The highest BCUT2D eigenvalue weighted by Crippen LogP contribution is 1.61. The van der Waals surface area contributed by atoms with Crippen LogP contribution in [-0.2, 0) is 10.4 Å². The largest absolute Gasteiger partial charge is 0.394 e. The average molecular weight is 298 g/mol. The van der Waals surface area contributed by atoms with Gasteiger partial charge in [-0.1, -0.05) is 0 Å². The smallest absolute Gasteiger partial charge is 0.328 e. The molecule has 4 N–H and O–H groups in total. The normalized spacial score (nSPS) is 9.47. The van der Waals surface area contributed by atoms with Crippen molar-refractivity contribution in [1.29, 1.82) is 0 Å². The Morgan fingerprint density at radius 1 is 1.13 bits per heavy atom. The van der Waals surface area contributed by atoms with Gasteiger partial charge in [0.2, 0.25) is 0 Å². The summed E-state index contributed by atoms with van der Waals surface area (Å²) in [4.78, 5) is 8.36. The highest BCUT2D eigenvalue weighted by atomic mass is 35.7. The van der Waals surface area contributed by atoms with Crippen molar-refractivity contribution in [2.75, 3.05) is 0 Å². The minimum absolute atomic E-state index is 0. The van der Waals surface area contributed by atoms with Gasteiger partial charge in [-0.3, -0.25) is 9.11 Å². The monoisotopic (exact) mass is 297 g/mol. The van der Waals surface area contributed by atoms with E-state index in [2.05, 4.69) is 0 Å². The number of halogens is 2. The Balaban J connectivity index is -0.0000000590. The Hall–Kier alpha value is -0.510. The van der Waals surface area contributed by atoms with Crippen molar-refractivity contribution >= 4 is 22.8 Å². The topological polar surface area (TPSA) is 227 Å². The lowest BCUT2D eigenvalue weighted by molar-refractivity contribution is -1.92. The van der Waals surface area contributed by atoms with E-state index in [4.69, 9.17) is 51.5 Å². The number of rotatable bonds is 0. The van der Waals surface area contributed by atoms with Crippen LogP contribution in [0.3, 0.4) is 0 Å². The second-order valence-corrected chi connectivity index (χ2v) is 2.77. The van der Waals surface area contributed by atoms with Crippen molar-refractivity contribution in [2.24, 2.45) is 0 Å². The zero-order valence-corrected chi connectivity index (χ0v) is 8.68. The molecule has 0 atom stereocenters. The lowest BCUT2D eigenvalue weighted by Gasteiger charge is -2.03. The molecule has 0 aromatic heterocycles. The minimum atomic E-state index is -4.69. The van der Waals surface area contributed by atoms with Gasteiger partial charge in [0.15, 0.2) is 0 Å². The first-order valence-electron chi connectivity index (χ1n) is 1.90. The van der Waals surface area contributed by atoms with Gasteiger partial charge in [-0.2, -0.15) is 22.4 Å². The average Bonchev–Trinajstić information content (AvgIpc) is 1.45. The maximum Gasteiger partial charge on any atom is 0.394 e. The lowest BCUT2D eigenvalue weighted by atomic mass is 13.1. The molecule has 15 heavy (non-hydrogen) atoms. The van der Waals surface area contributed by atoms with E-state index in [1.165, 1.54) is 0 Å². The van der Waals surface area contributed by atoms with Crippen molar-refractivity contribution in [1.82, 2.24) is 0 Å². The molecule has 0 spiro atoms. The third-order valence-electron chi connectivity index (χ3n) is 0. The molecule has 0 aliphatic rings.